The Morgan fingerprint density at radius 1 is 1.22 bits per heavy atom. The highest BCUT2D eigenvalue weighted by atomic mass is 16.6. The molecule has 0 saturated carbocycles. The van der Waals surface area contributed by atoms with E-state index in [2.05, 4.69) is 17.0 Å². The lowest BCUT2D eigenvalue weighted by molar-refractivity contribution is -0.132. The van der Waals surface area contributed by atoms with Crippen molar-refractivity contribution in [2.45, 2.75) is 25.1 Å². The number of fused-ring (bicyclic) bond motifs is 1. The van der Waals surface area contributed by atoms with Gasteiger partial charge in [-0.25, -0.2) is 4.79 Å². The van der Waals surface area contributed by atoms with E-state index in [-0.39, 0.29) is 12.0 Å². The number of hydrogen-bond donors (Lipinski definition) is 0. The third-order valence-corrected chi connectivity index (χ3v) is 5.08. The lowest BCUT2D eigenvalue weighted by Crippen LogP contribution is -2.42. The molecule has 3 aliphatic heterocycles. The van der Waals surface area contributed by atoms with Crippen molar-refractivity contribution in [2.75, 3.05) is 33.2 Å². The fourth-order valence-corrected chi connectivity index (χ4v) is 3.87. The molecule has 0 N–H and O–H groups in total. The number of rotatable bonds is 2. The Morgan fingerprint density at radius 2 is 1.91 bits per heavy atom. The van der Waals surface area contributed by atoms with Crippen LogP contribution in [0.4, 0.5) is 4.79 Å². The number of ether oxygens (including phenoxy) is 1. The van der Waals surface area contributed by atoms with Gasteiger partial charge >= 0.3 is 6.09 Å². The topological polar surface area (TPSA) is 53.1 Å². The zero-order valence-electron chi connectivity index (χ0n) is 13.3. The molecule has 1 atom stereocenters. The lowest BCUT2D eigenvalue weighted by Gasteiger charge is -2.23. The molecular weight excluding hydrogens is 294 g/mol. The fraction of sp³-hybridized carbons (Fsp3) is 0.529. The van der Waals surface area contributed by atoms with Crippen molar-refractivity contribution >= 4 is 12.0 Å². The normalized spacial score (nSPS) is 26.9. The van der Waals surface area contributed by atoms with Crippen molar-refractivity contribution in [3.8, 4) is 0 Å². The molecule has 1 aromatic carbocycles. The molecule has 6 heteroatoms. The third kappa shape index (κ3) is 2.57. The average molecular weight is 315 g/mol. The first-order chi connectivity index (χ1) is 11.0. The van der Waals surface area contributed by atoms with Gasteiger partial charge in [0.15, 0.2) is 5.60 Å². The smallest absolute Gasteiger partial charge is 0.410 e. The van der Waals surface area contributed by atoms with Crippen LogP contribution in [0.2, 0.25) is 0 Å². The van der Waals surface area contributed by atoms with Gasteiger partial charge in [0.25, 0.3) is 0 Å². The molecule has 0 aliphatic carbocycles. The van der Waals surface area contributed by atoms with Crippen molar-refractivity contribution in [3.05, 3.63) is 35.4 Å². The Hall–Kier alpha value is -2.08. The molecule has 23 heavy (non-hydrogen) atoms. The van der Waals surface area contributed by atoms with Gasteiger partial charge in [-0.05, 0) is 11.1 Å². The summed E-state index contributed by atoms with van der Waals surface area (Å²) < 4.78 is 5.50. The van der Waals surface area contributed by atoms with Crippen LogP contribution in [0.15, 0.2) is 24.3 Å². The van der Waals surface area contributed by atoms with E-state index in [1.165, 1.54) is 11.1 Å². The van der Waals surface area contributed by atoms with Crippen LogP contribution in [0.1, 0.15) is 17.5 Å². The van der Waals surface area contributed by atoms with Gasteiger partial charge in [-0.15, -0.1) is 0 Å². The molecular formula is C17H21N3O3. The maximum Gasteiger partial charge on any atom is 0.410 e. The van der Waals surface area contributed by atoms with E-state index in [1.54, 1.807) is 11.9 Å². The molecule has 0 unspecified atom stereocenters. The van der Waals surface area contributed by atoms with Gasteiger partial charge in [0.05, 0.1) is 19.6 Å². The highest BCUT2D eigenvalue weighted by molar-refractivity contribution is 5.79. The number of likely N-dealkylation sites (N-methyl/N-ethyl adjacent to an activating group) is 1. The van der Waals surface area contributed by atoms with Crippen LogP contribution in [0, 0.1) is 0 Å². The van der Waals surface area contributed by atoms with Gasteiger partial charge in [-0.1, -0.05) is 24.3 Å². The highest BCUT2D eigenvalue weighted by Gasteiger charge is 2.49. The first kappa shape index (κ1) is 14.5. The quantitative estimate of drug-likeness (QED) is 0.819. The van der Waals surface area contributed by atoms with Gasteiger partial charge in [0.1, 0.15) is 0 Å². The number of benzene rings is 1. The second-order valence-electron chi connectivity index (χ2n) is 6.89. The first-order valence-electron chi connectivity index (χ1n) is 8.06. The number of carbonyl (C=O) groups is 2. The Bertz CT molecular complexity index is 637. The van der Waals surface area contributed by atoms with E-state index >= 15 is 0 Å². The molecule has 0 radical (unpaired) electrons. The van der Waals surface area contributed by atoms with Crippen LogP contribution in [-0.2, 0) is 22.6 Å². The summed E-state index contributed by atoms with van der Waals surface area (Å²) in [6.07, 6.45) is 0.448. The van der Waals surface area contributed by atoms with Crippen LogP contribution in [-0.4, -0.2) is 65.5 Å². The maximum absolute atomic E-state index is 12.6. The lowest BCUT2D eigenvalue weighted by atomic mass is 10.0. The molecule has 3 heterocycles. The van der Waals surface area contributed by atoms with Crippen LogP contribution < -0.4 is 0 Å². The minimum absolute atomic E-state index is 0.125. The predicted octanol–water partition coefficient (Wildman–Crippen LogP) is 1.06. The van der Waals surface area contributed by atoms with E-state index in [1.807, 2.05) is 17.0 Å². The first-order valence-corrected chi connectivity index (χ1v) is 8.06. The van der Waals surface area contributed by atoms with Gasteiger partial charge in [-0.2, -0.15) is 0 Å². The summed E-state index contributed by atoms with van der Waals surface area (Å²) in [4.78, 5) is 29.8. The second kappa shape index (κ2) is 5.23. The van der Waals surface area contributed by atoms with Crippen LogP contribution in [0.5, 0.6) is 0 Å². The average Bonchev–Trinajstić information content (AvgIpc) is 3.17. The van der Waals surface area contributed by atoms with Crippen LogP contribution in [0.3, 0.4) is 0 Å². The minimum Gasteiger partial charge on any atom is -0.439 e. The predicted molar refractivity (Wildman–Crippen MR) is 83.6 cm³/mol. The van der Waals surface area contributed by atoms with Crippen molar-refractivity contribution in [3.63, 3.8) is 0 Å². The number of nitrogens with zero attached hydrogens (tertiary/aromatic N) is 3. The van der Waals surface area contributed by atoms with E-state index in [4.69, 9.17) is 4.74 Å². The molecule has 122 valence electrons. The largest absolute Gasteiger partial charge is 0.439 e. The number of carbonyl (C=O) groups excluding carboxylic acids is 2. The Balaban J connectivity index is 1.36. The summed E-state index contributed by atoms with van der Waals surface area (Å²) in [7, 11) is 1.74. The fourth-order valence-electron chi connectivity index (χ4n) is 3.87. The minimum atomic E-state index is -0.491. The van der Waals surface area contributed by atoms with E-state index in [9.17, 15) is 9.59 Å². The van der Waals surface area contributed by atoms with Crippen molar-refractivity contribution in [2.24, 2.45) is 0 Å². The van der Waals surface area contributed by atoms with E-state index in [0.717, 1.165) is 19.5 Å². The molecule has 2 fully saturated rings. The molecule has 1 aromatic rings. The Morgan fingerprint density at radius 3 is 2.52 bits per heavy atom. The molecule has 2 amide bonds. The van der Waals surface area contributed by atoms with Gasteiger partial charge in [0.2, 0.25) is 5.91 Å². The summed E-state index contributed by atoms with van der Waals surface area (Å²) in [6.45, 7) is 3.85. The monoisotopic (exact) mass is 315 g/mol. The molecule has 6 nitrogen and oxygen atoms in total. The second-order valence-corrected chi connectivity index (χ2v) is 6.89. The van der Waals surface area contributed by atoms with Crippen LogP contribution >= 0.6 is 0 Å². The number of amides is 2. The third-order valence-electron chi connectivity index (χ3n) is 5.08. The number of likely N-dealkylation sites (tertiary alicyclic amines) is 1. The Labute approximate surface area is 135 Å². The Kier molecular flexibility index (Phi) is 3.30. The van der Waals surface area contributed by atoms with Gasteiger partial charge in [0, 0.05) is 33.1 Å². The standard InChI is InChI=1S/C17H21N3O3/c1-18-11-17(23-16(18)22)6-7-20(12-17)15(21)10-19-8-13-4-2-3-5-14(13)9-19/h2-5H,6-12H2,1H3/t17-/m0/s1. The van der Waals surface area contributed by atoms with E-state index < -0.39 is 5.60 Å². The summed E-state index contributed by atoms with van der Waals surface area (Å²) >= 11 is 0. The zero-order chi connectivity index (χ0) is 16.0. The van der Waals surface area contributed by atoms with Crippen molar-refractivity contribution < 1.29 is 14.3 Å². The summed E-state index contributed by atoms with van der Waals surface area (Å²) in [5, 5.41) is 0. The van der Waals surface area contributed by atoms with Crippen molar-refractivity contribution in [1.29, 1.82) is 0 Å². The molecule has 3 aliphatic rings. The van der Waals surface area contributed by atoms with Crippen molar-refractivity contribution in [1.82, 2.24) is 14.7 Å². The van der Waals surface area contributed by atoms with Crippen LogP contribution in [0.25, 0.3) is 0 Å². The van der Waals surface area contributed by atoms with Gasteiger partial charge < -0.3 is 14.5 Å². The summed E-state index contributed by atoms with van der Waals surface area (Å²) in [5.74, 6) is 0.125. The summed E-state index contributed by atoms with van der Waals surface area (Å²) in [5.41, 5.74) is 2.13. The molecule has 2 saturated heterocycles. The van der Waals surface area contributed by atoms with Gasteiger partial charge in [-0.3, -0.25) is 9.69 Å². The molecule has 0 bridgehead atoms. The SMILES string of the molecule is CN1C[C@]2(CCN(C(=O)CN3Cc4ccccc4C3)C2)OC1=O. The van der Waals surface area contributed by atoms with E-state index in [0.29, 0.717) is 26.2 Å². The maximum atomic E-state index is 12.6. The number of hydrogen-bond acceptors (Lipinski definition) is 4. The molecule has 1 spiro atoms. The molecule has 0 aromatic heterocycles. The highest BCUT2D eigenvalue weighted by Crippen LogP contribution is 2.32. The zero-order valence-corrected chi connectivity index (χ0v) is 13.3. The molecule has 4 rings (SSSR count). The summed E-state index contributed by atoms with van der Waals surface area (Å²) in [6, 6.07) is 8.33.